The van der Waals surface area contributed by atoms with Gasteiger partial charge in [0, 0.05) is 0 Å². The number of halogens is 3. The van der Waals surface area contributed by atoms with Gasteiger partial charge in [0.2, 0.25) is 0 Å². The highest BCUT2D eigenvalue weighted by atomic mass is 32.2. The molecule has 2 aliphatic rings. The quantitative estimate of drug-likeness (QED) is 0.682. The zero-order valence-electron chi connectivity index (χ0n) is 10.7. The topological polar surface area (TPSA) is 77.5 Å². The summed E-state index contributed by atoms with van der Waals surface area (Å²) in [6.45, 7) is -0.595. The van der Waals surface area contributed by atoms with E-state index in [0.717, 1.165) is 6.26 Å². The molecule has 0 radical (unpaired) electrons. The SMILES string of the molecule is CS(=O)(=O)OCC1(S(=O)(=O)CC2(C(F)(F)F)CC2)CC1. The van der Waals surface area contributed by atoms with E-state index < -0.39 is 48.7 Å². The Kier molecular flexibility index (Phi) is 3.47. The molecule has 0 N–H and O–H groups in total. The van der Waals surface area contributed by atoms with Gasteiger partial charge in [-0.05, 0) is 25.7 Å². The van der Waals surface area contributed by atoms with E-state index in [0.29, 0.717) is 0 Å². The summed E-state index contributed by atoms with van der Waals surface area (Å²) in [6.07, 6.45) is -3.89. The van der Waals surface area contributed by atoms with E-state index in [1.165, 1.54) is 0 Å². The van der Waals surface area contributed by atoms with Crippen LogP contribution in [0.15, 0.2) is 0 Å². The van der Waals surface area contributed by atoms with E-state index in [2.05, 4.69) is 4.18 Å². The van der Waals surface area contributed by atoms with Crippen LogP contribution in [0, 0.1) is 5.41 Å². The van der Waals surface area contributed by atoms with Crippen molar-refractivity contribution < 1.29 is 34.2 Å². The van der Waals surface area contributed by atoms with Crippen LogP contribution in [0.5, 0.6) is 0 Å². The monoisotopic (exact) mass is 336 g/mol. The lowest BCUT2D eigenvalue weighted by atomic mass is 10.1. The molecule has 0 aromatic carbocycles. The van der Waals surface area contributed by atoms with Crippen molar-refractivity contribution in [3.63, 3.8) is 0 Å². The predicted octanol–water partition coefficient (Wildman–Crippen LogP) is 1.25. The van der Waals surface area contributed by atoms with Crippen LogP contribution in [0.1, 0.15) is 25.7 Å². The van der Waals surface area contributed by atoms with Gasteiger partial charge in [-0.1, -0.05) is 0 Å². The molecule has 20 heavy (non-hydrogen) atoms. The summed E-state index contributed by atoms with van der Waals surface area (Å²) in [7, 11) is -7.88. The molecule has 0 bridgehead atoms. The molecule has 10 heteroatoms. The molecular formula is C10H15F3O5S2. The van der Waals surface area contributed by atoms with Crippen molar-refractivity contribution in [3.8, 4) is 0 Å². The van der Waals surface area contributed by atoms with Gasteiger partial charge in [-0.3, -0.25) is 4.18 Å². The van der Waals surface area contributed by atoms with E-state index in [4.69, 9.17) is 0 Å². The molecule has 2 fully saturated rings. The summed E-state index contributed by atoms with van der Waals surface area (Å²) in [4.78, 5) is 0. The number of hydrogen-bond acceptors (Lipinski definition) is 5. The Bertz CT molecular complexity index is 597. The molecule has 0 spiro atoms. The van der Waals surface area contributed by atoms with Gasteiger partial charge >= 0.3 is 6.18 Å². The van der Waals surface area contributed by atoms with Gasteiger partial charge < -0.3 is 0 Å². The number of hydrogen-bond donors (Lipinski definition) is 0. The molecular weight excluding hydrogens is 321 g/mol. The Morgan fingerprint density at radius 1 is 1.05 bits per heavy atom. The number of sulfone groups is 1. The molecule has 0 unspecified atom stereocenters. The van der Waals surface area contributed by atoms with E-state index >= 15 is 0 Å². The van der Waals surface area contributed by atoms with Crippen LogP contribution in [0.2, 0.25) is 0 Å². The lowest BCUT2D eigenvalue weighted by Crippen LogP contribution is -2.39. The van der Waals surface area contributed by atoms with Crippen molar-refractivity contribution in [2.75, 3.05) is 18.6 Å². The van der Waals surface area contributed by atoms with Crippen molar-refractivity contribution in [1.82, 2.24) is 0 Å². The molecule has 2 rings (SSSR count). The van der Waals surface area contributed by atoms with E-state index in [1.54, 1.807) is 0 Å². The Labute approximate surface area is 115 Å². The summed E-state index contributed by atoms with van der Waals surface area (Å²) in [5, 5.41) is 0. The molecule has 0 amide bonds. The Morgan fingerprint density at radius 3 is 1.85 bits per heavy atom. The first-order valence-corrected chi connectivity index (χ1v) is 9.43. The summed E-state index contributed by atoms with van der Waals surface area (Å²) in [5.74, 6) is -0.976. The second-order valence-corrected chi connectivity index (χ2v) is 9.71. The van der Waals surface area contributed by atoms with Gasteiger partial charge in [0.05, 0.1) is 28.8 Å². The van der Waals surface area contributed by atoms with Crippen LogP contribution in [0.4, 0.5) is 13.2 Å². The smallest absolute Gasteiger partial charge is 0.269 e. The maximum Gasteiger partial charge on any atom is 0.395 e. The van der Waals surface area contributed by atoms with Gasteiger partial charge in [0.15, 0.2) is 9.84 Å². The first-order valence-electron chi connectivity index (χ1n) is 5.96. The van der Waals surface area contributed by atoms with E-state index in [-0.39, 0.29) is 25.7 Å². The number of alkyl halides is 3. The molecule has 5 nitrogen and oxygen atoms in total. The van der Waals surface area contributed by atoms with Crippen molar-refractivity contribution in [3.05, 3.63) is 0 Å². The maximum absolute atomic E-state index is 12.8. The molecule has 0 heterocycles. The number of rotatable bonds is 6. The predicted molar refractivity (Wildman–Crippen MR) is 64.3 cm³/mol. The third kappa shape index (κ3) is 2.96. The van der Waals surface area contributed by atoms with Crippen molar-refractivity contribution in [2.24, 2.45) is 5.41 Å². The van der Waals surface area contributed by atoms with Gasteiger partial charge in [-0.25, -0.2) is 8.42 Å². The van der Waals surface area contributed by atoms with Gasteiger partial charge in [-0.2, -0.15) is 21.6 Å². The average molecular weight is 336 g/mol. The molecule has 0 aromatic heterocycles. The third-order valence-corrected chi connectivity index (χ3v) is 7.25. The molecule has 2 aliphatic carbocycles. The van der Waals surface area contributed by atoms with Gasteiger partial charge in [0.25, 0.3) is 10.1 Å². The fourth-order valence-corrected chi connectivity index (χ4v) is 5.04. The van der Waals surface area contributed by atoms with Gasteiger partial charge in [0.1, 0.15) is 0 Å². The van der Waals surface area contributed by atoms with E-state index in [9.17, 15) is 30.0 Å². The van der Waals surface area contributed by atoms with Crippen LogP contribution < -0.4 is 0 Å². The molecule has 0 aliphatic heterocycles. The van der Waals surface area contributed by atoms with Crippen LogP contribution in [0.25, 0.3) is 0 Å². The summed E-state index contributed by atoms with van der Waals surface area (Å²) >= 11 is 0. The lowest BCUT2D eigenvalue weighted by Gasteiger charge is -2.22. The summed E-state index contributed by atoms with van der Waals surface area (Å²) in [6, 6.07) is 0. The summed E-state index contributed by atoms with van der Waals surface area (Å²) < 4.78 is 87.6. The first-order chi connectivity index (χ1) is 8.83. The van der Waals surface area contributed by atoms with Crippen molar-refractivity contribution in [1.29, 1.82) is 0 Å². The Hall–Kier alpha value is -0.350. The molecule has 0 atom stereocenters. The minimum Gasteiger partial charge on any atom is -0.269 e. The molecule has 0 aromatic rings. The van der Waals surface area contributed by atoms with Crippen LogP contribution in [-0.2, 0) is 24.1 Å². The Morgan fingerprint density at radius 2 is 1.55 bits per heavy atom. The maximum atomic E-state index is 12.8. The third-order valence-electron chi connectivity index (χ3n) is 3.92. The average Bonchev–Trinajstić information content (AvgIpc) is 3.06. The lowest BCUT2D eigenvalue weighted by molar-refractivity contribution is -0.180. The fourth-order valence-electron chi connectivity index (χ4n) is 2.08. The van der Waals surface area contributed by atoms with Crippen LogP contribution >= 0.6 is 0 Å². The molecule has 0 saturated heterocycles. The molecule has 118 valence electrons. The fraction of sp³-hybridized carbons (Fsp3) is 1.00. The first kappa shape index (κ1) is 16.0. The minimum absolute atomic E-state index is 0.138. The zero-order chi connectivity index (χ0) is 15.4. The van der Waals surface area contributed by atoms with E-state index in [1.807, 2.05) is 0 Å². The largest absolute Gasteiger partial charge is 0.395 e. The van der Waals surface area contributed by atoms with Crippen molar-refractivity contribution in [2.45, 2.75) is 36.6 Å². The highest BCUT2D eigenvalue weighted by Gasteiger charge is 2.68. The minimum atomic E-state index is -4.55. The normalized spacial score (nSPS) is 24.4. The second-order valence-electron chi connectivity index (χ2n) is 5.69. The van der Waals surface area contributed by atoms with Crippen LogP contribution in [-0.4, -0.2) is 46.4 Å². The highest BCUT2D eigenvalue weighted by Crippen LogP contribution is 2.60. The molecule has 2 saturated carbocycles. The highest BCUT2D eigenvalue weighted by molar-refractivity contribution is 7.93. The van der Waals surface area contributed by atoms with Crippen molar-refractivity contribution >= 4 is 20.0 Å². The second kappa shape index (κ2) is 4.33. The zero-order valence-corrected chi connectivity index (χ0v) is 12.4. The van der Waals surface area contributed by atoms with Crippen LogP contribution in [0.3, 0.4) is 0 Å². The standard InChI is InChI=1S/C10H15F3O5S2/c1-19(14,15)18-6-9(4-5-9)20(16,17)7-8(2-3-8)10(11,12)13/h2-7H2,1H3. The van der Waals surface area contributed by atoms with Gasteiger partial charge in [-0.15, -0.1) is 0 Å². The Balaban J connectivity index is 2.12. The summed E-state index contributed by atoms with van der Waals surface area (Å²) in [5.41, 5.74) is -2.15.